The zero-order valence-electron chi connectivity index (χ0n) is 12.1. The van der Waals surface area contributed by atoms with Crippen LogP contribution in [0.5, 0.6) is 0 Å². The molecule has 116 valence electrons. The third-order valence-corrected chi connectivity index (χ3v) is 3.33. The zero-order valence-corrected chi connectivity index (χ0v) is 12.1. The minimum Gasteiger partial charge on any atom is -0.439 e. The molecule has 0 saturated heterocycles. The Hall–Kier alpha value is -2.31. The second-order valence-electron chi connectivity index (χ2n) is 5.36. The highest BCUT2D eigenvalue weighted by molar-refractivity contribution is 5.73. The lowest BCUT2D eigenvalue weighted by atomic mass is 10.2. The van der Waals surface area contributed by atoms with E-state index < -0.39 is 11.7 Å². The van der Waals surface area contributed by atoms with E-state index in [0.717, 1.165) is 18.0 Å². The van der Waals surface area contributed by atoms with Crippen molar-refractivity contribution >= 4 is 11.1 Å². The fourth-order valence-corrected chi connectivity index (χ4v) is 2.32. The van der Waals surface area contributed by atoms with E-state index in [1.165, 1.54) is 6.07 Å². The van der Waals surface area contributed by atoms with Crippen molar-refractivity contribution in [3.8, 4) is 0 Å². The van der Waals surface area contributed by atoms with E-state index >= 15 is 0 Å². The predicted molar refractivity (Wildman–Crippen MR) is 74.4 cm³/mol. The molecule has 3 aromatic rings. The molecular weight excluding hydrogens is 295 g/mol. The van der Waals surface area contributed by atoms with Crippen LogP contribution in [0.3, 0.4) is 0 Å². The topological polar surface area (TPSA) is 43.9 Å². The lowest BCUT2D eigenvalue weighted by molar-refractivity contribution is -0.137. The van der Waals surface area contributed by atoms with Gasteiger partial charge in [-0.15, -0.1) is 0 Å². The summed E-state index contributed by atoms with van der Waals surface area (Å²) < 4.78 is 45.5. The fourth-order valence-electron chi connectivity index (χ4n) is 2.32. The molecule has 3 rings (SSSR count). The maximum atomic E-state index is 12.7. The Balaban J connectivity index is 1.94. The molecule has 2 heterocycles. The molecule has 0 amide bonds. The molecule has 0 spiro atoms. The van der Waals surface area contributed by atoms with Crippen molar-refractivity contribution in [2.45, 2.75) is 32.5 Å². The normalized spacial score (nSPS) is 12.5. The minimum atomic E-state index is -4.39. The third kappa shape index (κ3) is 2.70. The highest BCUT2D eigenvalue weighted by Gasteiger charge is 2.31. The van der Waals surface area contributed by atoms with Gasteiger partial charge in [0.2, 0.25) is 5.89 Å². The number of oxazole rings is 1. The van der Waals surface area contributed by atoms with Crippen molar-refractivity contribution in [3.05, 3.63) is 47.9 Å². The highest BCUT2D eigenvalue weighted by Crippen LogP contribution is 2.31. The number of benzene rings is 1. The van der Waals surface area contributed by atoms with Crippen molar-refractivity contribution in [2.75, 3.05) is 0 Å². The van der Waals surface area contributed by atoms with E-state index in [2.05, 4.69) is 9.97 Å². The molecule has 0 aliphatic heterocycles. The zero-order chi connectivity index (χ0) is 15.9. The number of hydrogen-bond acceptors (Lipinski definition) is 3. The second kappa shape index (κ2) is 5.15. The van der Waals surface area contributed by atoms with Gasteiger partial charge in [0, 0.05) is 18.3 Å². The Morgan fingerprint density at radius 1 is 1.27 bits per heavy atom. The molecule has 2 aromatic heterocycles. The summed E-state index contributed by atoms with van der Waals surface area (Å²) in [4.78, 5) is 8.40. The summed E-state index contributed by atoms with van der Waals surface area (Å²) in [6, 6.07) is 3.29. The standard InChI is InChI=1S/C15H14F3N3O/c1-9(2)14-19-5-6-21(14)8-13-20-11-7-10(15(16,17)18)3-4-12(11)22-13/h3-7,9H,8H2,1-2H3. The monoisotopic (exact) mass is 309 g/mol. The lowest BCUT2D eigenvalue weighted by Crippen LogP contribution is -2.06. The predicted octanol–water partition coefficient (Wildman–Crippen LogP) is 4.21. The quantitative estimate of drug-likeness (QED) is 0.728. The van der Waals surface area contributed by atoms with Crippen LogP contribution in [0.2, 0.25) is 0 Å². The average molecular weight is 309 g/mol. The lowest BCUT2D eigenvalue weighted by Gasteiger charge is -2.07. The molecule has 0 radical (unpaired) electrons. The molecule has 0 aliphatic carbocycles. The summed E-state index contributed by atoms with van der Waals surface area (Å²) in [6.45, 7) is 4.37. The second-order valence-corrected chi connectivity index (χ2v) is 5.36. The molecule has 22 heavy (non-hydrogen) atoms. The van der Waals surface area contributed by atoms with E-state index in [1.54, 1.807) is 12.4 Å². The van der Waals surface area contributed by atoms with E-state index in [4.69, 9.17) is 4.42 Å². The van der Waals surface area contributed by atoms with Gasteiger partial charge >= 0.3 is 6.18 Å². The summed E-state index contributed by atoms with van der Waals surface area (Å²) in [5, 5.41) is 0. The van der Waals surface area contributed by atoms with Gasteiger partial charge < -0.3 is 8.98 Å². The van der Waals surface area contributed by atoms with Gasteiger partial charge in [0.1, 0.15) is 17.9 Å². The Labute approximate surface area is 124 Å². The third-order valence-electron chi connectivity index (χ3n) is 3.33. The number of nitrogens with zero attached hydrogens (tertiary/aromatic N) is 3. The van der Waals surface area contributed by atoms with Crippen LogP contribution in [0.25, 0.3) is 11.1 Å². The number of fused-ring (bicyclic) bond motifs is 1. The van der Waals surface area contributed by atoms with Crippen molar-refractivity contribution in [1.82, 2.24) is 14.5 Å². The first-order valence-electron chi connectivity index (χ1n) is 6.82. The van der Waals surface area contributed by atoms with Crippen molar-refractivity contribution in [3.63, 3.8) is 0 Å². The van der Waals surface area contributed by atoms with Gasteiger partial charge in [-0.3, -0.25) is 0 Å². The van der Waals surface area contributed by atoms with Crippen LogP contribution in [-0.2, 0) is 12.7 Å². The van der Waals surface area contributed by atoms with Gasteiger partial charge in [-0.25, -0.2) is 9.97 Å². The van der Waals surface area contributed by atoms with Gasteiger partial charge in [0.25, 0.3) is 0 Å². The maximum Gasteiger partial charge on any atom is 0.416 e. The summed E-state index contributed by atoms with van der Waals surface area (Å²) >= 11 is 0. The van der Waals surface area contributed by atoms with Crippen LogP contribution in [0, 0.1) is 0 Å². The average Bonchev–Trinajstić information content (AvgIpc) is 3.02. The van der Waals surface area contributed by atoms with E-state index in [-0.39, 0.29) is 11.4 Å². The molecule has 0 bridgehead atoms. The van der Waals surface area contributed by atoms with Gasteiger partial charge in [-0.1, -0.05) is 13.8 Å². The summed E-state index contributed by atoms with van der Waals surface area (Å²) in [5.41, 5.74) is -0.185. The smallest absolute Gasteiger partial charge is 0.416 e. The molecule has 0 N–H and O–H groups in total. The molecule has 7 heteroatoms. The molecule has 0 atom stereocenters. The number of halogens is 3. The molecule has 0 aliphatic rings. The minimum absolute atomic E-state index is 0.205. The Morgan fingerprint density at radius 2 is 2.05 bits per heavy atom. The van der Waals surface area contributed by atoms with Crippen LogP contribution in [0.15, 0.2) is 35.0 Å². The van der Waals surface area contributed by atoms with Crippen molar-refractivity contribution < 1.29 is 17.6 Å². The summed E-state index contributed by atoms with van der Waals surface area (Å²) in [5.74, 6) is 1.46. The Kier molecular flexibility index (Phi) is 3.42. The molecule has 4 nitrogen and oxygen atoms in total. The first-order chi connectivity index (χ1) is 10.3. The first-order valence-corrected chi connectivity index (χ1v) is 6.82. The number of imidazole rings is 1. The first kappa shape index (κ1) is 14.6. The molecule has 0 fully saturated rings. The molecular formula is C15H14F3N3O. The Morgan fingerprint density at radius 3 is 2.73 bits per heavy atom. The van der Waals surface area contributed by atoms with Gasteiger partial charge in [0.15, 0.2) is 5.58 Å². The molecule has 0 unspecified atom stereocenters. The molecule has 0 saturated carbocycles. The van der Waals surface area contributed by atoms with Gasteiger partial charge in [-0.05, 0) is 18.2 Å². The maximum absolute atomic E-state index is 12.7. The van der Waals surface area contributed by atoms with Gasteiger partial charge in [0.05, 0.1) is 5.56 Å². The van der Waals surface area contributed by atoms with Crippen molar-refractivity contribution in [2.24, 2.45) is 0 Å². The summed E-state index contributed by atoms with van der Waals surface area (Å²) in [6.07, 6.45) is -0.909. The van der Waals surface area contributed by atoms with Crippen LogP contribution in [-0.4, -0.2) is 14.5 Å². The number of alkyl halides is 3. The highest BCUT2D eigenvalue weighted by atomic mass is 19.4. The van der Waals surface area contributed by atoms with Crippen LogP contribution in [0.1, 0.15) is 37.0 Å². The van der Waals surface area contributed by atoms with Crippen LogP contribution in [0.4, 0.5) is 13.2 Å². The van der Waals surface area contributed by atoms with Crippen molar-refractivity contribution in [1.29, 1.82) is 0 Å². The van der Waals surface area contributed by atoms with E-state index in [9.17, 15) is 13.2 Å². The van der Waals surface area contributed by atoms with Crippen LogP contribution >= 0.6 is 0 Å². The Bertz CT molecular complexity index is 802. The number of rotatable bonds is 3. The largest absolute Gasteiger partial charge is 0.439 e. The van der Waals surface area contributed by atoms with Crippen LogP contribution < -0.4 is 0 Å². The van der Waals surface area contributed by atoms with Gasteiger partial charge in [-0.2, -0.15) is 13.2 Å². The SMILES string of the molecule is CC(C)c1nccn1Cc1nc2cc(C(F)(F)F)ccc2o1. The molecule has 1 aromatic carbocycles. The van der Waals surface area contributed by atoms with E-state index in [1.807, 2.05) is 18.4 Å². The fraction of sp³-hybridized carbons (Fsp3) is 0.333. The summed E-state index contributed by atoms with van der Waals surface area (Å²) in [7, 11) is 0. The van der Waals surface area contributed by atoms with E-state index in [0.29, 0.717) is 18.0 Å². The number of hydrogen-bond donors (Lipinski definition) is 0. The number of aromatic nitrogens is 3.